The van der Waals surface area contributed by atoms with E-state index in [1.807, 2.05) is 0 Å². The maximum atomic E-state index is 4.47. The van der Waals surface area contributed by atoms with Gasteiger partial charge in [0.05, 0.1) is 12.4 Å². The van der Waals surface area contributed by atoms with E-state index in [4.69, 9.17) is 0 Å². The van der Waals surface area contributed by atoms with Gasteiger partial charge < -0.3 is 5.32 Å². The van der Waals surface area contributed by atoms with E-state index in [0.29, 0.717) is 5.92 Å². The maximum Gasteiger partial charge on any atom is 0.0993 e. The summed E-state index contributed by atoms with van der Waals surface area (Å²) in [4.78, 5) is 4.47. The Morgan fingerprint density at radius 2 is 1.93 bits per heavy atom. The summed E-state index contributed by atoms with van der Waals surface area (Å²) in [6, 6.07) is 0. The minimum Gasteiger partial charge on any atom is -0.372 e. The van der Waals surface area contributed by atoms with Crippen molar-refractivity contribution in [1.29, 1.82) is 0 Å². The van der Waals surface area contributed by atoms with E-state index >= 15 is 0 Å². The van der Waals surface area contributed by atoms with Crippen molar-refractivity contribution in [1.82, 2.24) is 5.32 Å². The van der Waals surface area contributed by atoms with Gasteiger partial charge in [0, 0.05) is 12.5 Å². The van der Waals surface area contributed by atoms with Gasteiger partial charge in [-0.3, -0.25) is 4.99 Å². The van der Waals surface area contributed by atoms with Crippen LogP contribution in [0.5, 0.6) is 0 Å². The van der Waals surface area contributed by atoms with E-state index in [1.54, 1.807) is 0 Å². The molecule has 0 aromatic heterocycles. The van der Waals surface area contributed by atoms with Crippen LogP contribution in [0.2, 0.25) is 0 Å². The lowest BCUT2D eigenvalue weighted by Gasteiger charge is -2.11. The number of hydrogen-bond acceptors (Lipinski definition) is 2. The number of amidine groups is 1. The summed E-state index contributed by atoms with van der Waals surface area (Å²) in [5.41, 5.74) is 0. The van der Waals surface area contributed by atoms with Crippen LogP contribution in [0.15, 0.2) is 4.99 Å². The topological polar surface area (TPSA) is 24.4 Å². The van der Waals surface area contributed by atoms with Crippen molar-refractivity contribution >= 4 is 5.84 Å². The Bertz CT molecular complexity index is 187. The van der Waals surface area contributed by atoms with Gasteiger partial charge in [-0.15, -0.1) is 0 Å². The van der Waals surface area contributed by atoms with Crippen LogP contribution in [0.1, 0.15) is 58.8 Å². The van der Waals surface area contributed by atoms with Crippen LogP contribution in [0, 0.1) is 5.92 Å². The third-order valence-corrected chi connectivity index (χ3v) is 3.16. The summed E-state index contributed by atoms with van der Waals surface area (Å²) < 4.78 is 0. The summed E-state index contributed by atoms with van der Waals surface area (Å²) in [7, 11) is 0. The molecule has 0 spiro atoms. The zero-order valence-corrected chi connectivity index (χ0v) is 10.4. The average molecular weight is 210 g/mol. The van der Waals surface area contributed by atoms with Crippen LogP contribution in [0.25, 0.3) is 0 Å². The molecule has 1 unspecified atom stereocenters. The van der Waals surface area contributed by atoms with E-state index in [-0.39, 0.29) is 0 Å². The Hall–Kier alpha value is -0.530. The van der Waals surface area contributed by atoms with Gasteiger partial charge in [-0.25, -0.2) is 0 Å². The van der Waals surface area contributed by atoms with Gasteiger partial charge in [-0.05, 0) is 6.42 Å². The first-order valence-electron chi connectivity index (χ1n) is 6.62. The number of aliphatic imine (C=N–C) groups is 1. The number of rotatable bonds is 8. The predicted octanol–water partition coefficient (Wildman–Crippen LogP) is 3.37. The van der Waals surface area contributed by atoms with Gasteiger partial charge in [-0.1, -0.05) is 52.4 Å². The largest absolute Gasteiger partial charge is 0.372 e. The van der Waals surface area contributed by atoms with Crippen molar-refractivity contribution < 1.29 is 0 Å². The maximum absolute atomic E-state index is 4.47. The Morgan fingerprint density at radius 1 is 1.20 bits per heavy atom. The first-order valence-corrected chi connectivity index (χ1v) is 6.62. The zero-order valence-electron chi connectivity index (χ0n) is 10.4. The summed E-state index contributed by atoms with van der Waals surface area (Å²) in [5, 5.41) is 3.37. The molecule has 2 nitrogen and oxygen atoms in total. The Balaban J connectivity index is 1.95. The number of unbranched alkanes of at least 4 members (excludes halogenated alkanes) is 5. The summed E-state index contributed by atoms with van der Waals surface area (Å²) in [5.74, 6) is 1.90. The summed E-state index contributed by atoms with van der Waals surface area (Å²) in [6.45, 7) is 6.60. The Morgan fingerprint density at radius 3 is 2.60 bits per heavy atom. The molecule has 15 heavy (non-hydrogen) atoms. The fraction of sp³-hybridized carbons (Fsp3) is 0.923. The first-order chi connectivity index (χ1) is 7.34. The lowest BCUT2D eigenvalue weighted by Crippen LogP contribution is -2.25. The SMILES string of the molecule is CCCCCCCCC(C)C1=NCCN1. The Labute approximate surface area is 94.6 Å². The summed E-state index contributed by atoms with van der Waals surface area (Å²) in [6.07, 6.45) is 9.66. The molecule has 0 aromatic rings. The molecule has 88 valence electrons. The van der Waals surface area contributed by atoms with E-state index < -0.39 is 0 Å². The fourth-order valence-electron chi connectivity index (χ4n) is 2.11. The lowest BCUT2D eigenvalue weighted by molar-refractivity contribution is 0.552. The highest BCUT2D eigenvalue weighted by Crippen LogP contribution is 2.13. The van der Waals surface area contributed by atoms with Crippen molar-refractivity contribution in [3.05, 3.63) is 0 Å². The van der Waals surface area contributed by atoms with Crippen molar-refractivity contribution in [2.75, 3.05) is 13.1 Å². The highest BCUT2D eigenvalue weighted by atomic mass is 15.1. The molecule has 1 N–H and O–H groups in total. The van der Waals surface area contributed by atoms with Crippen LogP contribution in [-0.2, 0) is 0 Å². The molecule has 0 aliphatic carbocycles. The minimum atomic E-state index is 0.652. The van der Waals surface area contributed by atoms with Crippen LogP contribution in [0.3, 0.4) is 0 Å². The molecule has 0 saturated heterocycles. The first kappa shape index (κ1) is 12.5. The van der Waals surface area contributed by atoms with Gasteiger partial charge in [0.1, 0.15) is 0 Å². The fourth-order valence-corrected chi connectivity index (χ4v) is 2.11. The normalized spacial score (nSPS) is 17.3. The second-order valence-corrected chi connectivity index (χ2v) is 4.65. The molecule has 0 aromatic carbocycles. The molecule has 0 bridgehead atoms. The molecular weight excluding hydrogens is 184 g/mol. The Kier molecular flexibility index (Phi) is 6.45. The van der Waals surface area contributed by atoms with Gasteiger partial charge in [0.15, 0.2) is 0 Å². The molecule has 1 aliphatic rings. The molecule has 0 saturated carbocycles. The monoisotopic (exact) mass is 210 g/mol. The van der Waals surface area contributed by atoms with Gasteiger partial charge >= 0.3 is 0 Å². The molecule has 0 fully saturated rings. The van der Waals surface area contributed by atoms with E-state index in [0.717, 1.165) is 13.1 Å². The van der Waals surface area contributed by atoms with E-state index in [2.05, 4.69) is 24.2 Å². The van der Waals surface area contributed by atoms with Crippen LogP contribution < -0.4 is 5.32 Å². The molecule has 0 amide bonds. The smallest absolute Gasteiger partial charge is 0.0993 e. The third-order valence-electron chi connectivity index (χ3n) is 3.16. The van der Waals surface area contributed by atoms with Crippen molar-refractivity contribution in [3.8, 4) is 0 Å². The molecule has 1 atom stereocenters. The summed E-state index contributed by atoms with van der Waals surface area (Å²) >= 11 is 0. The lowest BCUT2D eigenvalue weighted by atomic mass is 10.0. The van der Waals surface area contributed by atoms with Crippen molar-refractivity contribution in [3.63, 3.8) is 0 Å². The molecule has 1 heterocycles. The molecule has 0 radical (unpaired) electrons. The minimum absolute atomic E-state index is 0.652. The number of nitrogens with one attached hydrogen (secondary N) is 1. The standard InChI is InChI=1S/C13H26N2/c1-3-4-5-6-7-8-9-12(2)13-14-10-11-15-13/h12H,3-11H2,1-2H3,(H,14,15). The van der Waals surface area contributed by atoms with E-state index in [1.165, 1.54) is 50.8 Å². The average Bonchev–Trinajstić information content (AvgIpc) is 2.76. The molecule has 1 rings (SSSR count). The van der Waals surface area contributed by atoms with Crippen LogP contribution in [-0.4, -0.2) is 18.9 Å². The van der Waals surface area contributed by atoms with E-state index in [9.17, 15) is 0 Å². The molecular formula is C13H26N2. The highest BCUT2D eigenvalue weighted by Gasteiger charge is 2.12. The van der Waals surface area contributed by atoms with Gasteiger partial charge in [0.2, 0.25) is 0 Å². The predicted molar refractivity (Wildman–Crippen MR) is 67.5 cm³/mol. The van der Waals surface area contributed by atoms with Crippen LogP contribution in [0.4, 0.5) is 0 Å². The number of nitrogens with zero attached hydrogens (tertiary/aromatic N) is 1. The van der Waals surface area contributed by atoms with Crippen LogP contribution >= 0.6 is 0 Å². The molecule has 1 aliphatic heterocycles. The van der Waals surface area contributed by atoms with Crippen molar-refractivity contribution in [2.45, 2.75) is 58.8 Å². The van der Waals surface area contributed by atoms with Gasteiger partial charge in [0.25, 0.3) is 0 Å². The van der Waals surface area contributed by atoms with Gasteiger partial charge in [-0.2, -0.15) is 0 Å². The molecule has 2 heteroatoms. The second-order valence-electron chi connectivity index (χ2n) is 4.65. The highest BCUT2D eigenvalue weighted by molar-refractivity contribution is 5.85. The third kappa shape index (κ3) is 5.19. The second kappa shape index (κ2) is 7.72. The quantitative estimate of drug-likeness (QED) is 0.610. The number of hydrogen-bond donors (Lipinski definition) is 1. The zero-order chi connectivity index (χ0) is 10.9. The van der Waals surface area contributed by atoms with Crippen molar-refractivity contribution in [2.24, 2.45) is 10.9 Å².